The normalized spacial score (nSPS) is 29.6. The van der Waals surface area contributed by atoms with Gasteiger partial charge in [0.15, 0.2) is 0 Å². The molecular formula is C14H28N4O. The maximum Gasteiger partial charge on any atom is 0.227 e. The third-order valence-corrected chi connectivity index (χ3v) is 4.45. The van der Waals surface area contributed by atoms with E-state index in [2.05, 4.69) is 34.4 Å². The molecule has 1 amide bonds. The smallest absolute Gasteiger partial charge is 0.227 e. The summed E-state index contributed by atoms with van der Waals surface area (Å²) in [5.74, 6) is 0.218. The van der Waals surface area contributed by atoms with Gasteiger partial charge in [-0.2, -0.15) is 0 Å². The largest absolute Gasteiger partial charge is 0.356 e. The lowest BCUT2D eigenvalue weighted by molar-refractivity contribution is -0.129. The van der Waals surface area contributed by atoms with Gasteiger partial charge in [-0.1, -0.05) is 0 Å². The lowest BCUT2D eigenvalue weighted by atomic mass is 9.89. The highest BCUT2D eigenvalue weighted by atomic mass is 16.2. The number of hydrogen-bond donors (Lipinski definition) is 2. The Morgan fingerprint density at radius 3 is 2.68 bits per heavy atom. The van der Waals surface area contributed by atoms with Crippen molar-refractivity contribution in [3.63, 3.8) is 0 Å². The molecule has 2 fully saturated rings. The summed E-state index contributed by atoms with van der Waals surface area (Å²) in [6, 6.07) is 0. The van der Waals surface area contributed by atoms with E-state index >= 15 is 0 Å². The first-order valence-electron chi connectivity index (χ1n) is 7.50. The molecular weight excluding hydrogens is 240 g/mol. The first-order chi connectivity index (χ1) is 9.10. The Hall–Kier alpha value is -0.650. The van der Waals surface area contributed by atoms with Crippen molar-refractivity contribution in [2.24, 2.45) is 5.41 Å². The molecule has 2 rings (SSSR count). The second-order valence-electron chi connectivity index (χ2n) is 6.24. The lowest BCUT2D eigenvalue weighted by Gasteiger charge is -2.32. The molecule has 0 aromatic rings. The summed E-state index contributed by atoms with van der Waals surface area (Å²) in [6.07, 6.45) is 2.01. The van der Waals surface area contributed by atoms with Crippen LogP contribution < -0.4 is 10.6 Å². The number of nitrogens with zero attached hydrogens (tertiary/aromatic N) is 2. The number of amides is 1. The average molecular weight is 268 g/mol. The van der Waals surface area contributed by atoms with Gasteiger partial charge in [0.1, 0.15) is 0 Å². The molecule has 0 aliphatic carbocycles. The highest BCUT2D eigenvalue weighted by Gasteiger charge is 2.35. The zero-order valence-corrected chi connectivity index (χ0v) is 12.4. The van der Waals surface area contributed by atoms with Gasteiger partial charge in [-0.05, 0) is 39.9 Å². The van der Waals surface area contributed by atoms with Gasteiger partial charge in [0.05, 0.1) is 5.41 Å². The molecule has 2 aliphatic rings. The maximum atomic E-state index is 12.1. The van der Waals surface area contributed by atoms with E-state index in [1.54, 1.807) is 0 Å². The topological polar surface area (TPSA) is 47.6 Å². The van der Waals surface area contributed by atoms with Crippen molar-refractivity contribution in [2.45, 2.75) is 19.8 Å². The van der Waals surface area contributed by atoms with E-state index in [1.165, 1.54) is 0 Å². The van der Waals surface area contributed by atoms with E-state index in [1.807, 2.05) is 0 Å². The Morgan fingerprint density at radius 2 is 2.05 bits per heavy atom. The van der Waals surface area contributed by atoms with E-state index < -0.39 is 0 Å². The van der Waals surface area contributed by atoms with Gasteiger partial charge in [-0.15, -0.1) is 0 Å². The van der Waals surface area contributed by atoms with Gasteiger partial charge in [-0.3, -0.25) is 4.79 Å². The fourth-order valence-electron chi connectivity index (χ4n) is 2.80. The summed E-state index contributed by atoms with van der Waals surface area (Å²) in [5, 5.41) is 6.36. The van der Waals surface area contributed by atoms with Crippen LogP contribution in [0.4, 0.5) is 0 Å². The number of carbonyl (C=O) groups excluding carboxylic acids is 1. The van der Waals surface area contributed by atoms with Gasteiger partial charge in [0.25, 0.3) is 0 Å². The molecule has 0 bridgehead atoms. The predicted molar refractivity (Wildman–Crippen MR) is 77.2 cm³/mol. The molecule has 0 aromatic heterocycles. The Kier molecular flexibility index (Phi) is 5.19. The van der Waals surface area contributed by atoms with Crippen molar-refractivity contribution >= 4 is 5.91 Å². The standard InChI is InChI=1S/C14H28N4O/c1-14(4-6-15-12-14)13(19)16-5-3-7-18-10-8-17(2)9-11-18/h15H,3-12H2,1-2H3,(H,16,19). The molecule has 0 radical (unpaired) electrons. The molecule has 0 aromatic carbocycles. The number of nitrogens with one attached hydrogen (secondary N) is 2. The molecule has 5 nitrogen and oxygen atoms in total. The number of rotatable bonds is 5. The van der Waals surface area contributed by atoms with Crippen LogP contribution >= 0.6 is 0 Å². The van der Waals surface area contributed by atoms with E-state index in [9.17, 15) is 4.79 Å². The summed E-state index contributed by atoms with van der Waals surface area (Å²) in [5.41, 5.74) is -0.187. The van der Waals surface area contributed by atoms with Crippen LogP contribution in [0.5, 0.6) is 0 Å². The van der Waals surface area contributed by atoms with E-state index in [0.29, 0.717) is 0 Å². The SMILES string of the molecule is CN1CCN(CCCNC(=O)C2(C)CCNC2)CC1. The summed E-state index contributed by atoms with van der Waals surface area (Å²) in [6.45, 7) is 10.4. The minimum atomic E-state index is -0.187. The number of piperazine rings is 1. The zero-order valence-electron chi connectivity index (χ0n) is 12.4. The fraction of sp³-hybridized carbons (Fsp3) is 0.929. The van der Waals surface area contributed by atoms with Crippen molar-refractivity contribution in [1.82, 2.24) is 20.4 Å². The van der Waals surface area contributed by atoms with Crippen molar-refractivity contribution in [2.75, 3.05) is 59.4 Å². The van der Waals surface area contributed by atoms with Crippen LogP contribution in [0.25, 0.3) is 0 Å². The summed E-state index contributed by atoms with van der Waals surface area (Å²) >= 11 is 0. The first-order valence-corrected chi connectivity index (χ1v) is 7.50. The highest BCUT2D eigenvalue weighted by Crippen LogP contribution is 2.24. The summed E-state index contributed by atoms with van der Waals surface area (Å²) in [4.78, 5) is 16.9. The molecule has 2 heterocycles. The molecule has 2 saturated heterocycles. The Labute approximate surface area is 116 Å². The van der Waals surface area contributed by atoms with Gasteiger partial charge >= 0.3 is 0 Å². The van der Waals surface area contributed by atoms with Crippen molar-refractivity contribution in [1.29, 1.82) is 0 Å². The van der Waals surface area contributed by atoms with E-state index in [4.69, 9.17) is 0 Å². The third kappa shape index (κ3) is 4.16. The molecule has 5 heteroatoms. The van der Waals surface area contributed by atoms with Gasteiger partial charge in [0, 0.05) is 39.3 Å². The molecule has 19 heavy (non-hydrogen) atoms. The van der Waals surface area contributed by atoms with Crippen LogP contribution in [0.2, 0.25) is 0 Å². The molecule has 0 spiro atoms. The number of likely N-dealkylation sites (N-methyl/N-ethyl adjacent to an activating group) is 1. The summed E-state index contributed by atoms with van der Waals surface area (Å²) in [7, 11) is 2.17. The van der Waals surface area contributed by atoms with Crippen LogP contribution in [0.1, 0.15) is 19.8 Å². The minimum absolute atomic E-state index is 0.187. The fourth-order valence-corrected chi connectivity index (χ4v) is 2.80. The Bertz CT molecular complexity index is 294. The Balaban J connectivity index is 1.58. The van der Waals surface area contributed by atoms with Gasteiger partial charge in [-0.25, -0.2) is 0 Å². The molecule has 2 N–H and O–H groups in total. The lowest BCUT2D eigenvalue weighted by Crippen LogP contribution is -2.45. The Morgan fingerprint density at radius 1 is 1.32 bits per heavy atom. The molecule has 0 saturated carbocycles. The van der Waals surface area contributed by atoms with Crippen LogP contribution in [0, 0.1) is 5.41 Å². The van der Waals surface area contributed by atoms with Crippen molar-refractivity contribution in [3.8, 4) is 0 Å². The van der Waals surface area contributed by atoms with Crippen LogP contribution in [-0.2, 0) is 4.79 Å². The van der Waals surface area contributed by atoms with E-state index in [-0.39, 0.29) is 11.3 Å². The van der Waals surface area contributed by atoms with Crippen molar-refractivity contribution in [3.05, 3.63) is 0 Å². The number of carbonyl (C=O) groups is 1. The maximum absolute atomic E-state index is 12.1. The zero-order chi connectivity index (χ0) is 13.7. The second kappa shape index (κ2) is 6.68. The third-order valence-electron chi connectivity index (χ3n) is 4.45. The van der Waals surface area contributed by atoms with E-state index in [0.717, 1.165) is 65.2 Å². The summed E-state index contributed by atoms with van der Waals surface area (Å²) < 4.78 is 0. The molecule has 2 aliphatic heterocycles. The van der Waals surface area contributed by atoms with Crippen LogP contribution in [0.3, 0.4) is 0 Å². The highest BCUT2D eigenvalue weighted by molar-refractivity contribution is 5.82. The predicted octanol–water partition coefficient (Wildman–Crippen LogP) is -0.260. The van der Waals surface area contributed by atoms with Crippen LogP contribution in [-0.4, -0.2) is 75.1 Å². The molecule has 1 atom stereocenters. The first kappa shape index (κ1) is 14.8. The molecule has 1 unspecified atom stereocenters. The monoisotopic (exact) mass is 268 g/mol. The second-order valence-corrected chi connectivity index (χ2v) is 6.24. The quantitative estimate of drug-likeness (QED) is 0.675. The minimum Gasteiger partial charge on any atom is -0.356 e. The van der Waals surface area contributed by atoms with Gasteiger partial charge < -0.3 is 20.4 Å². The van der Waals surface area contributed by atoms with Crippen LogP contribution in [0.15, 0.2) is 0 Å². The average Bonchev–Trinajstić information content (AvgIpc) is 2.85. The molecule has 110 valence electrons. The van der Waals surface area contributed by atoms with Crippen molar-refractivity contribution < 1.29 is 4.79 Å². The van der Waals surface area contributed by atoms with Gasteiger partial charge in [0.2, 0.25) is 5.91 Å². The number of hydrogen-bond acceptors (Lipinski definition) is 4.